The van der Waals surface area contributed by atoms with Gasteiger partial charge in [-0.3, -0.25) is 4.79 Å². The average molecular weight is 340 g/mol. The van der Waals surface area contributed by atoms with Gasteiger partial charge in [0.15, 0.2) is 10.9 Å². The number of nitrogens with one attached hydrogen (secondary N) is 1. The number of Topliss-reactive ketones (excluding diaryl/α,β-unsaturated/α-hetero) is 1. The van der Waals surface area contributed by atoms with Crippen LogP contribution in [0.5, 0.6) is 0 Å². The highest BCUT2D eigenvalue weighted by atomic mass is 32.2. The van der Waals surface area contributed by atoms with E-state index in [1.807, 2.05) is 37.4 Å². The van der Waals surface area contributed by atoms with Crippen LogP contribution in [0.15, 0.2) is 35.6 Å². The Hall–Kier alpha value is -2.08. The van der Waals surface area contributed by atoms with Gasteiger partial charge in [-0.2, -0.15) is 0 Å². The minimum absolute atomic E-state index is 0.128. The van der Waals surface area contributed by atoms with E-state index in [4.69, 9.17) is 0 Å². The monoisotopic (exact) mass is 340 g/mol. The maximum atomic E-state index is 12.9. The second-order valence-electron chi connectivity index (χ2n) is 6.23. The van der Waals surface area contributed by atoms with Gasteiger partial charge in [0, 0.05) is 35.6 Å². The number of rotatable bonds is 4. The first-order valence-electron chi connectivity index (χ1n) is 8.43. The lowest BCUT2D eigenvalue weighted by Gasteiger charge is -2.11. The summed E-state index contributed by atoms with van der Waals surface area (Å²) in [6.07, 6.45) is 6.36. The first kappa shape index (κ1) is 15.4. The smallest absolute Gasteiger partial charge is 0.191 e. The number of aryl methyl sites for hydroxylation is 1. The quantitative estimate of drug-likeness (QED) is 0.579. The number of hydrogen-bond acceptors (Lipinski definition) is 4. The molecule has 0 saturated heterocycles. The number of para-hydroxylation sites is 1. The maximum Gasteiger partial charge on any atom is 0.191 e. The fraction of sp³-hybridized carbons (Fsp3) is 0.389. The minimum atomic E-state index is -0.194. The Morgan fingerprint density at radius 3 is 3.04 bits per heavy atom. The van der Waals surface area contributed by atoms with Gasteiger partial charge in [0.2, 0.25) is 0 Å². The van der Waals surface area contributed by atoms with Gasteiger partial charge in [-0.1, -0.05) is 36.4 Å². The predicted octanol–water partition coefficient (Wildman–Crippen LogP) is 3.85. The third kappa shape index (κ3) is 2.75. The summed E-state index contributed by atoms with van der Waals surface area (Å²) < 4.78 is 2.19. The van der Waals surface area contributed by atoms with Crippen LogP contribution in [-0.4, -0.2) is 30.8 Å². The van der Waals surface area contributed by atoms with E-state index >= 15 is 0 Å². The van der Waals surface area contributed by atoms with E-state index in [9.17, 15) is 4.79 Å². The van der Waals surface area contributed by atoms with Gasteiger partial charge in [0.1, 0.15) is 5.82 Å². The molecule has 1 aromatic carbocycles. The minimum Gasteiger partial charge on any atom is -0.360 e. The molecule has 0 aliphatic carbocycles. The zero-order valence-corrected chi connectivity index (χ0v) is 14.5. The van der Waals surface area contributed by atoms with Crippen LogP contribution in [0.2, 0.25) is 0 Å². The molecule has 0 unspecified atom stereocenters. The Labute approximate surface area is 144 Å². The predicted molar refractivity (Wildman–Crippen MR) is 95.5 cm³/mol. The lowest BCUT2D eigenvalue weighted by Crippen LogP contribution is -2.14. The topological polar surface area (TPSA) is 63.6 Å². The fourth-order valence-electron chi connectivity index (χ4n) is 3.25. The van der Waals surface area contributed by atoms with Gasteiger partial charge >= 0.3 is 0 Å². The zero-order chi connectivity index (χ0) is 16.5. The third-order valence-electron chi connectivity index (χ3n) is 4.58. The van der Waals surface area contributed by atoms with Crippen molar-refractivity contribution in [1.82, 2.24) is 19.7 Å². The third-order valence-corrected chi connectivity index (χ3v) is 5.66. The molecule has 6 heteroatoms. The Balaban J connectivity index is 1.57. The van der Waals surface area contributed by atoms with Crippen LogP contribution >= 0.6 is 11.8 Å². The number of thioether (sulfide) groups is 1. The normalized spacial score (nSPS) is 15.9. The van der Waals surface area contributed by atoms with Crippen LogP contribution in [0.4, 0.5) is 0 Å². The second kappa shape index (κ2) is 6.43. The summed E-state index contributed by atoms with van der Waals surface area (Å²) in [7, 11) is 0. The van der Waals surface area contributed by atoms with Gasteiger partial charge in [0.25, 0.3) is 0 Å². The SMILES string of the molecule is C[C@@H](Sc1nnc2n1CCCCC2)C(=O)c1c[nH]c2ccccc12. The molecule has 0 radical (unpaired) electrons. The number of aromatic amines is 1. The van der Waals surface area contributed by atoms with Gasteiger partial charge in [-0.25, -0.2) is 0 Å². The first-order chi connectivity index (χ1) is 11.7. The number of nitrogens with zero attached hydrogens (tertiary/aromatic N) is 3. The summed E-state index contributed by atoms with van der Waals surface area (Å²) in [5, 5.41) is 10.3. The van der Waals surface area contributed by atoms with Crippen molar-refractivity contribution in [3.05, 3.63) is 41.9 Å². The summed E-state index contributed by atoms with van der Waals surface area (Å²) in [6.45, 7) is 2.91. The molecule has 3 heterocycles. The molecule has 1 aliphatic heterocycles. The standard InChI is InChI=1S/C18H20N4OS/c1-12(17(23)14-11-19-15-8-5-4-7-13(14)15)24-18-21-20-16-9-3-2-6-10-22(16)18/h4-5,7-8,11-12,19H,2-3,6,9-10H2,1H3/t12-/m1/s1. The molecular weight excluding hydrogens is 320 g/mol. The molecule has 124 valence electrons. The molecule has 24 heavy (non-hydrogen) atoms. The highest BCUT2D eigenvalue weighted by molar-refractivity contribution is 8.00. The van der Waals surface area contributed by atoms with Crippen molar-refractivity contribution >= 4 is 28.4 Å². The van der Waals surface area contributed by atoms with Crippen LogP contribution in [0.1, 0.15) is 42.4 Å². The zero-order valence-electron chi connectivity index (χ0n) is 13.7. The molecule has 0 fully saturated rings. The lowest BCUT2D eigenvalue weighted by molar-refractivity contribution is 0.0995. The average Bonchev–Trinajstić information content (AvgIpc) is 3.11. The van der Waals surface area contributed by atoms with Crippen LogP contribution in [-0.2, 0) is 13.0 Å². The number of hydrogen-bond donors (Lipinski definition) is 1. The number of H-pyrrole nitrogens is 1. The molecule has 4 rings (SSSR count). The summed E-state index contributed by atoms with van der Waals surface area (Å²) in [4.78, 5) is 16.1. The number of fused-ring (bicyclic) bond motifs is 2. The van der Waals surface area contributed by atoms with Crippen LogP contribution in [0.3, 0.4) is 0 Å². The Kier molecular flexibility index (Phi) is 4.14. The van der Waals surface area contributed by atoms with Crippen molar-refractivity contribution < 1.29 is 4.79 Å². The molecular formula is C18H20N4OS. The van der Waals surface area contributed by atoms with Crippen LogP contribution in [0.25, 0.3) is 10.9 Å². The van der Waals surface area contributed by atoms with Gasteiger partial charge in [-0.15, -0.1) is 10.2 Å². The molecule has 5 nitrogen and oxygen atoms in total. The number of aromatic nitrogens is 4. The number of carbonyl (C=O) groups is 1. The molecule has 2 aromatic heterocycles. The van der Waals surface area contributed by atoms with E-state index in [1.54, 1.807) is 0 Å². The summed E-state index contributed by atoms with van der Waals surface area (Å²) >= 11 is 1.51. The van der Waals surface area contributed by atoms with Crippen molar-refractivity contribution in [2.45, 2.75) is 49.6 Å². The first-order valence-corrected chi connectivity index (χ1v) is 9.31. The lowest BCUT2D eigenvalue weighted by atomic mass is 10.1. The number of carbonyl (C=O) groups excluding carboxylic acids is 1. The molecule has 0 bridgehead atoms. The fourth-order valence-corrected chi connectivity index (χ4v) is 4.21. The summed E-state index contributed by atoms with van der Waals surface area (Å²) in [5.74, 6) is 1.19. The largest absolute Gasteiger partial charge is 0.360 e. The molecule has 1 atom stereocenters. The van der Waals surface area contributed by atoms with Gasteiger partial charge < -0.3 is 9.55 Å². The van der Waals surface area contributed by atoms with E-state index in [1.165, 1.54) is 24.6 Å². The molecule has 1 aliphatic rings. The Morgan fingerprint density at radius 1 is 1.25 bits per heavy atom. The van der Waals surface area contributed by atoms with E-state index in [-0.39, 0.29) is 11.0 Å². The van der Waals surface area contributed by atoms with Gasteiger partial charge in [-0.05, 0) is 25.8 Å². The van der Waals surface area contributed by atoms with E-state index < -0.39 is 0 Å². The molecule has 1 N–H and O–H groups in total. The van der Waals surface area contributed by atoms with Crippen LogP contribution < -0.4 is 0 Å². The van der Waals surface area contributed by atoms with Crippen molar-refractivity contribution in [1.29, 1.82) is 0 Å². The van der Waals surface area contributed by atoms with Crippen molar-refractivity contribution in [3.63, 3.8) is 0 Å². The molecule has 0 amide bonds. The van der Waals surface area contributed by atoms with Crippen molar-refractivity contribution in [2.24, 2.45) is 0 Å². The highest BCUT2D eigenvalue weighted by Crippen LogP contribution is 2.29. The maximum absolute atomic E-state index is 12.9. The number of ketones is 1. The summed E-state index contributed by atoms with van der Waals surface area (Å²) in [5.41, 5.74) is 1.75. The van der Waals surface area contributed by atoms with Crippen molar-refractivity contribution in [3.8, 4) is 0 Å². The van der Waals surface area contributed by atoms with Crippen LogP contribution in [0, 0.1) is 0 Å². The molecule has 0 saturated carbocycles. The van der Waals surface area contributed by atoms with E-state index in [0.29, 0.717) is 0 Å². The van der Waals surface area contributed by atoms with Gasteiger partial charge in [0.05, 0.1) is 5.25 Å². The molecule has 3 aromatic rings. The Bertz CT molecular complexity index is 882. The van der Waals surface area contributed by atoms with E-state index in [0.717, 1.165) is 46.8 Å². The number of benzene rings is 1. The second-order valence-corrected chi connectivity index (χ2v) is 7.54. The molecule has 0 spiro atoms. The van der Waals surface area contributed by atoms with E-state index in [2.05, 4.69) is 19.7 Å². The Morgan fingerprint density at radius 2 is 2.12 bits per heavy atom. The highest BCUT2D eigenvalue weighted by Gasteiger charge is 2.23. The summed E-state index contributed by atoms with van der Waals surface area (Å²) in [6, 6.07) is 7.90. The van der Waals surface area contributed by atoms with Crippen molar-refractivity contribution in [2.75, 3.05) is 0 Å².